The molecule has 0 bridgehead atoms. The molecule has 0 N–H and O–H groups in total. The largest absolute Gasteiger partial charge is 0.331 e. The number of hydrogen-bond acceptors (Lipinski definition) is 3. The first kappa shape index (κ1) is 15.4. The lowest BCUT2D eigenvalue weighted by Gasteiger charge is -2.22. The predicted molar refractivity (Wildman–Crippen MR) is 75.1 cm³/mol. The summed E-state index contributed by atoms with van der Waals surface area (Å²) in [5.41, 5.74) is 1.15. The fourth-order valence-electron chi connectivity index (χ4n) is 1.68. The number of benzene rings is 1. The first-order valence-electron chi connectivity index (χ1n) is 6.41. The van der Waals surface area contributed by atoms with E-state index < -0.39 is 7.60 Å². The highest BCUT2D eigenvalue weighted by Crippen LogP contribution is 2.50. The molecule has 0 aromatic heterocycles. The van der Waals surface area contributed by atoms with Crippen molar-refractivity contribution < 1.29 is 13.6 Å². The van der Waals surface area contributed by atoms with Gasteiger partial charge in [-0.15, -0.1) is 0 Å². The standard InChI is InChI=1S/C14H23O3P/c1-12(2)16-18(15,17-13(3)4)11-10-14-8-6-5-7-9-14/h5-9,12-13H,10-11H2,1-4H3. The molecule has 0 aliphatic rings. The Morgan fingerprint density at radius 2 is 1.50 bits per heavy atom. The van der Waals surface area contributed by atoms with Gasteiger partial charge in [0.1, 0.15) is 0 Å². The number of rotatable bonds is 7. The van der Waals surface area contributed by atoms with Gasteiger partial charge in [0.2, 0.25) is 0 Å². The van der Waals surface area contributed by atoms with E-state index in [-0.39, 0.29) is 12.2 Å². The molecule has 18 heavy (non-hydrogen) atoms. The summed E-state index contributed by atoms with van der Waals surface area (Å²) in [5, 5.41) is 0. The van der Waals surface area contributed by atoms with Gasteiger partial charge in [-0.2, -0.15) is 0 Å². The Morgan fingerprint density at radius 3 is 1.94 bits per heavy atom. The van der Waals surface area contributed by atoms with E-state index in [1.165, 1.54) is 0 Å². The second kappa shape index (κ2) is 7.08. The first-order valence-corrected chi connectivity index (χ1v) is 8.14. The summed E-state index contributed by atoms with van der Waals surface area (Å²) in [6.07, 6.45) is 0.945. The molecule has 1 rings (SSSR count). The van der Waals surface area contributed by atoms with E-state index in [0.717, 1.165) is 5.56 Å². The zero-order valence-corrected chi connectivity index (χ0v) is 12.5. The molecule has 0 atom stereocenters. The van der Waals surface area contributed by atoms with Crippen LogP contribution >= 0.6 is 7.60 Å². The molecule has 0 fully saturated rings. The maximum absolute atomic E-state index is 12.6. The van der Waals surface area contributed by atoms with Gasteiger partial charge in [0.25, 0.3) is 0 Å². The lowest BCUT2D eigenvalue weighted by molar-refractivity contribution is 0.142. The van der Waals surface area contributed by atoms with Crippen molar-refractivity contribution in [2.45, 2.75) is 46.3 Å². The topological polar surface area (TPSA) is 35.5 Å². The van der Waals surface area contributed by atoms with Crippen molar-refractivity contribution in [3.63, 3.8) is 0 Å². The van der Waals surface area contributed by atoms with Crippen molar-refractivity contribution in [3.05, 3.63) is 35.9 Å². The van der Waals surface area contributed by atoms with Crippen LogP contribution in [0.5, 0.6) is 0 Å². The molecular weight excluding hydrogens is 247 g/mol. The molecule has 0 radical (unpaired) electrons. The van der Waals surface area contributed by atoms with Crippen LogP contribution in [0.4, 0.5) is 0 Å². The van der Waals surface area contributed by atoms with E-state index in [1.54, 1.807) is 0 Å². The average Bonchev–Trinajstić information content (AvgIpc) is 2.26. The van der Waals surface area contributed by atoms with Crippen LogP contribution in [0.15, 0.2) is 30.3 Å². The minimum Gasteiger partial charge on any atom is -0.306 e. The van der Waals surface area contributed by atoms with Crippen LogP contribution in [0.1, 0.15) is 33.3 Å². The second-order valence-electron chi connectivity index (χ2n) is 4.88. The number of aryl methyl sites for hydroxylation is 1. The highest BCUT2D eigenvalue weighted by atomic mass is 31.2. The highest BCUT2D eigenvalue weighted by Gasteiger charge is 2.27. The molecule has 1 aromatic rings. The molecular formula is C14H23O3P. The van der Waals surface area contributed by atoms with Crippen LogP contribution in [0.25, 0.3) is 0 Å². The van der Waals surface area contributed by atoms with E-state index in [9.17, 15) is 4.57 Å². The Labute approximate surface area is 110 Å². The fourth-order valence-corrected chi connectivity index (χ4v) is 3.76. The molecule has 0 aliphatic carbocycles. The van der Waals surface area contributed by atoms with Crippen LogP contribution in [0.3, 0.4) is 0 Å². The lowest BCUT2D eigenvalue weighted by Crippen LogP contribution is -2.11. The maximum atomic E-state index is 12.6. The van der Waals surface area contributed by atoms with Gasteiger partial charge in [-0.1, -0.05) is 30.3 Å². The van der Waals surface area contributed by atoms with Crippen molar-refractivity contribution in [1.29, 1.82) is 0 Å². The minimum absolute atomic E-state index is 0.0923. The SMILES string of the molecule is CC(C)OP(=O)(CCc1ccccc1)OC(C)C. The monoisotopic (exact) mass is 270 g/mol. The third kappa shape index (κ3) is 5.81. The minimum atomic E-state index is -3.00. The summed E-state index contributed by atoms with van der Waals surface area (Å²) in [4.78, 5) is 0. The van der Waals surface area contributed by atoms with Gasteiger partial charge < -0.3 is 9.05 Å². The molecule has 0 aliphatic heterocycles. The van der Waals surface area contributed by atoms with E-state index in [2.05, 4.69) is 0 Å². The van der Waals surface area contributed by atoms with E-state index in [1.807, 2.05) is 58.0 Å². The fraction of sp³-hybridized carbons (Fsp3) is 0.571. The quantitative estimate of drug-likeness (QED) is 0.694. The summed E-state index contributed by atoms with van der Waals surface area (Å²) in [6.45, 7) is 7.50. The maximum Gasteiger partial charge on any atom is 0.331 e. The highest BCUT2D eigenvalue weighted by molar-refractivity contribution is 7.53. The van der Waals surface area contributed by atoms with Gasteiger partial charge in [0, 0.05) is 0 Å². The van der Waals surface area contributed by atoms with Crippen LogP contribution in [-0.4, -0.2) is 18.4 Å². The molecule has 4 heteroatoms. The predicted octanol–water partition coefficient (Wildman–Crippen LogP) is 4.27. The molecule has 1 aromatic carbocycles. The van der Waals surface area contributed by atoms with E-state index >= 15 is 0 Å². The third-order valence-electron chi connectivity index (χ3n) is 2.26. The van der Waals surface area contributed by atoms with Crippen molar-refractivity contribution in [2.24, 2.45) is 0 Å². The first-order chi connectivity index (χ1) is 8.41. The van der Waals surface area contributed by atoms with Crippen LogP contribution in [0, 0.1) is 0 Å². The summed E-state index contributed by atoms with van der Waals surface area (Å²) in [7, 11) is -3.00. The molecule has 3 nitrogen and oxygen atoms in total. The zero-order chi connectivity index (χ0) is 13.6. The number of hydrogen-bond donors (Lipinski definition) is 0. The molecule has 0 unspecified atom stereocenters. The summed E-state index contributed by atoms with van der Waals surface area (Å²) >= 11 is 0. The van der Waals surface area contributed by atoms with Crippen molar-refractivity contribution in [1.82, 2.24) is 0 Å². The molecule has 0 saturated heterocycles. The Hall–Kier alpha value is -0.630. The van der Waals surface area contributed by atoms with Gasteiger partial charge in [-0.3, -0.25) is 4.57 Å². The van der Waals surface area contributed by atoms with Gasteiger partial charge in [-0.25, -0.2) is 0 Å². The van der Waals surface area contributed by atoms with Crippen molar-refractivity contribution >= 4 is 7.60 Å². The van der Waals surface area contributed by atoms with Gasteiger partial charge in [0.05, 0.1) is 18.4 Å². The smallest absolute Gasteiger partial charge is 0.306 e. The molecule has 0 amide bonds. The van der Waals surface area contributed by atoms with Gasteiger partial charge >= 0.3 is 7.60 Å². The molecule has 0 saturated carbocycles. The van der Waals surface area contributed by atoms with Gasteiger partial charge in [-0.05, 0) is 39.7 Å². The summed E-state index contributed by atoms with van der Waals surface area (Å²) in [5.74, 6) is 0. The summed E-state index contributed by atoms with van der Waals surface area (Å²) in [6, 6.07) is 9.97. The zero-order valence-electron chi connectivity index (χ0n) is 11.6. The Kier molecular flexibility index (Phi) is 6.07. The van der Waals surface area contributed by atoms with Crippen molar-refractivity contribution in [3.8, 4) is 0 Å². The normalized spacial score (nSPS) is 12.3. The summed E-state index contributed by atoms with van der Waals surface area (Å²) < 4.78 is 23.6. The van der Waals surface area contributed by atoms with E-state index in [4.69, 9.17) is 9.05 Å². The van der Waals surface area contributed by atoms with Crippen LogP contribution < -0.4 is 0 Å². The van der Waals surface area contributed by atoms with Gasteiger partial charge in [0.15, 0.2) is 0 Å². The van der Waals surface area contributed by atoms with Crippen LogP contribution in [0.2, 0.25) is 0 Å². The molecule has 0 heterocycles. The Bertz CT molecular complexity index is 373. The van der Waals surface area contributed by atoms with E-state index in [0.29, 0.717) is 12.6 Å². The average molecular weight is 270 g/mol. The lowest BCUT2D eigenvalue weighted by atomic mass is 10.2. The molecule has 0 spiro atoms. The second-order valence-corrected chi connectivity index (χ2v) is 6.97. The Balaban J connectivity index is 2.64. The molecule has 102 valence electrons. The van der Waals surface area contributed by atoms with Crippen LogP contribution in [-0.2, 0) is 20.0 Å². The Morgan fingerprint density at radius 1 is 1.00 bits per heavy atom. The van der Waals surface area contributed by atoms with Crippen molar-refractivity contribution in [2.75, 3.05) is 6.16 Å². The third-order valence-corrected chi connectivity index (χ3v) is 4.52.